The van der Waals surface area contributed by atoms with Crippen LogP contribution in [0.15, 0.2) is 0 Å². The minimum Gasteiger partial charge on any atom is -0.810 e. The molecule has 0 aliphatic heterocycles. The second kappa shape index (κ2) is 5.50. The van der Waals surface area contributed by atoms with Gasteiger partial charge in [0.1, 0.15) is 5.16 Å². The highest BCUT2D eigenvalue weighted by atomic mass is 31.2. The van der Waals surface area contributed by atoms with Crippen molar-refractivity contribution in [2.24, 2.45) is 5.92 Å². The Morgan fingerprint density at radius 1 is 0.950 bits per heavy atom. The van der Waals surface area contributed by atoms with Crippen molar-refractivity contribution in [3.8, 4) is 0 Å². The van der Waals surface area contributed by atoms with E-state index in [0.717, 1.165) is 0 Å². The molecule has 1 unspecified atom stereocenters. The molecule has 1 aliphatic rings. The van der Waals surface area contributed by atoms with E-state index in [1.54, 1.807) is 0 Å². The number of hydrogen-bond donors (Lipinski definition) is 0. The Balaban J connectivity index is 3.37. The topological polar surface area (TPSA) is 63.2 Å². The van der Waals surface area contributed by atoms with Gasteiger partial charge in [-0.15, -0.1) is 0 Å². The van der Waals surface area contributed by atoms with Gasteiger partial charge in [0.15, 0.2) is 0 Å². The van der Waals surface area contributed by atoms with Crippen molar-refractivity contribution in [3.05, 3.63) is 0 Å². The summed E-state index contributed by atoms with van der Waals surface area (Å²) in [5.74, 6) is -1.83. The van der Waals surface area contributed by atoms with E-state index in [0.29, 0.717) is 6.42 Å². The third-order valence-electron chi connectivity index (χ3n) is 3.73. The fourth-order valence-electron chi connectivity index (χ4n) is 2.84. The van der Waals surface area contributed by atoms with Crippen molar-refractivity contribution >= 4 is 7.60 Å². The highest BCUT2D eigenvalue weighted by Gasteiger charge is 2.64. The molecule has 0 N–H and O–H groups in total. The van der Waals surface area contributed by atoms with Crippen molar-refractivity contribution in [1.82, 2.24) is 0 Å². The van der Waals surface area contributed by atoms with Crippen molar-refractivity contribution in [2.75, 3.05) is 0 Å². The summed E-state index contributed by atoms with van der Waals surface area (Å²) in [6.45, 7) is 0. The van der Waals surface area contributed by atoms with Gasteiger partial charge in [0.2, 0.25) is 0 Å². The van der Waals surface area contributed by atoms with E-state index in [-0.39, 0.29) is 25.7 Å². The van der Waals surface area contributed by atoms with E-state index in [9.17, 15) is 40.7 Å². The molecule has 1 rings (SSSR count). The molecule has 0 heterocycles. The lowest BCUT2D eigenvalue weighted by Gasteiger charge is -2.55. The summed E-state index contributed by atoms with van der Waals surface area (Å²) < 4.78 is 87.9. The normalized spacial score (nSPS) is 22.6. The number of halogens is 6. The van der Waals surface area contributed by atoms with Gasteiger partial charge in [0.25, 0.3) is 0 Å². The summed E-state index contributed by atoms with van der Waals surface area (Å²) in [7, 11) is -6.54. The highest BCUT2D eigenvalue weighted by Crippen LogP contribution is 2.63. The summed E-state index contributed by atoms with van der Waals surface area (Å²) in [6.07, 6.45) is -13.6. The molecule has 120 valence electrons. The summed E-state index contributed by atoms with van der Waals surface area (Å²) in [5, 5.41) is -4.25. The molecule has 0 saturated heterocycles. The van der Waals surface area contributed by atoms with Crippen LogP contribution in [0, 0.1) is 5.92 Å². The van der Waals surface area contributed by atoms with E-state index in [2.05, 4.69) is 0 Å². The number of rotatable bonds is 3. The van der Waals surface area contributed by atoms with E-state index in [4.69, 9.17) is 0 Å². The molecule has 10 heteroatoms. The van der Waals surface area contributed by atoms with Crippen LogP contribution in [0.3, 0.4) is 0 Å². The van der Waals surface area contributed by atoms with Gasteiger partial charge in [-0.1, -0.05) is 26.9 Å². The second-order valence-electron chi connectivity index (χ2n) is 5.05. The average Bonchev–Trinajstić information content (AvgIpc) is 2.22. The molecule has 1 aliphatic carbocycles. The van der Waals surface area contributed by atoms with Gasteiger partial charge < -0.3 is 14.4 Å². The Morgan fingerprint density at radius 3 is 1.70 bits per heavy atom. The van der Waals surface area contributed by atoms with Gasteiger partial charge in [0.05, 0.1) is 6.42 Å². The first kappa shape index (κ1) is 17.8. The van der Waals surface area contributed by atoms with Crippen LogP contribution in [0.25, 0.3) is 0 Å². The molecule has 0 aromatic heterocycles. The predicted molar refractivity (Wildman–Crippen MR) is 53.6 cm³/mol. The van der Waals surface area contributed by atoms with Crippen LogP contribution in [-0.4, -0.2) is 17.5 Å². The average molecular weight is 326 g/mol. The fourth-order valence-corrected chi connectivity index (χ4v) is 4.23. The lowest BCUT2D eigenvalue weighted by atomic mass is 9.77. The quantitative estimate of drug-likeness (QED) is 0.592. The Labute approximate surface area is 111 Å². The molecule has 0 aromatic rings. The van der Waals surface area contributed by atoms with Crippen molar-refractivity contribution in [2.45, 2.75) is 56.0 Å². The summed E-state index contributed by atoms with van der Waals surface area (Å²) in [5.41, 5.74) is 0. The maximum absolute atomic E-state index is 13.1. The molecule has 0 bridgehead atoms. The molecular weight excluding hydrogens is 313 g/mol. The first-order valence-corrected chi connectivity index (χ1v) is 7.51. The maximum atomic E-state index is 13.1. The van der Waals surface area contributed by atoms with Gasteiger partial charge in [-0.05, 0) is 18.8 Å². The van der Waals surface area contributed by atoms with Crippen molar-refractivity contribution in [3.63, 3.8) is 0 Å². The fraction of sp³-hybridized carbons (Fsp3) is 1.00. The van der Waals surface area contributed by atoms with Gasteiger partial charge in [-0.2, -0.15) is 26.3 Å². The smallest absolute Gasteiger partial charge is 0.399 e. The second-order valence-corrected chi connectivity index (χ2v) is 6.84. The molecule has 0 radical (unpaired) electrons. The van der Waals surface area contributed by atoms with Crippen LogP contribution in [0.1, 0.15) is 38.5 Å². The minimum atomic E-state index is -6.54. The molecule has 3 nitrogen and oxygen atoms in total. The Bertz CT molecular complexity index is 381. The predicted octanol–water partition coefficient (Wildman–Crippen LogP) is 2.73. The van der Waals surface area contributed by atoms with Crippen LogP contribution < -0.4 is 9.79 Å². The van der Waals surface area contributed by atoms with Crippen LogP contribution in [0.2, 0.25) is 0 Å². The van der Waals surface area contributed by atoms with Gasteiger partial charge >= 0.3 is 12.4 Å². The largest absolute Gasteiger partial charge is 0.810 e. The summed E-state index contributed by atoms with van der Waals surface area (Å²) in [4.78, 5) is 22.3. The third kappa shape index (κ3) is 3.49. The third-order valence-corrected chi connectivity index (χ3v) is 5.48. The lowest BCUT2D eigenvalue weighted by Crippen LogP contribution is -2.58. The van der Waals surface area contributed by atoms with Gasteiger partial charge in [-0.3, -0.25) is 0 Å². The van der Waals surface area contributed by atoms with Crippen molar-refractivity contribution in [1.29, 1.82) is 0 Å². The first-order chi connectivity index (χ1) is 8.81. The number of alkyl halides is 6. The molecule has 1 saturated carbocycles. The van der Waals surface area contributed by atoms with E-state index in [1.165, 1.54) is 0 Å². The SMILES string of the molecule is O=P([O-])([O-])C(CC(F)(F)F)(C1CCCCC1)C(F)(F)F. The first-order valence-electron chi connectivity index (χ1n) is 5.97. The highest BCUT2D eigenvalue weighted by molar-refractivity contribution is 7.50. The van der Waals surface area contributed by atoms with E-state index in [1.807, 2.05) is 0 Å². The van der Waals surface area contributed by atoms with Crippen LogP contribution in [-0.2, 0) is 4.57 Å². The standard InChI is InChI=1S/C10H15F6O3P/c11-9(12,13)6-8(10(14,15)16,20(17,18)19)7-4-2-1-3-5-7/h7H,1-6H2,(H2,17,18,19)/p-2. The molecule has 0 amide bonds. The lowest BCUT2D eigenvalue weighted by molar-refractivity contribution is -0.343. The molecule has 20 heavy (non-hydrogen) atoms. The Hall–Kier alpha value is -0.270. The van der Waals surface area contributed by atoms with Crippen LogP contribution >= 0.6 is 7.60 Å². The summed E-state index contributed by atoms with van der Waals surface area (Å²) >= 11 is 0. The monoisotopic (exact) mass is 326 g/mol. The Kier molecular flexibility index (Phi) is 4.89. The molecule has 0 spiro atoms. The van der Waals surface area contributed by atoms with Crippen LogP contribution in [0.5, 0.6) is 0 Å². The maximum Gasteiger partial charge on any atom is 0.399 e. The van der Waals surface area contributed by atoms with E-state index < -0.39 is 37.4 Å². The van der Waals surface area contributed by atoms with Crippen LogP contribution in [0.4, 0.5) is 26.3 Å². The summed E-state index contributed by atoms with van der Waals surface area (Å²) in [6, 6.07) is 0. The van der Waals surface area contributed by atoms with Gasteiger partial charge in [-0.25, -0.2) is 0 Å². The molecular formula is C10H13F6O3P-2. The minimum absolute atomic E-state index is 0.181. The molecule has 1 fully saturated rings. The number of hydrogen-bond acceptors (Lipinski definition) is 3. The zero-order valence-corrected chi connectivity index (χ0v) is 11.2. The molecule has 1 atom stereocenters. The zero-order valence-electron chi connectivity index (χ0n) is 10.3. The van der Waals surface area contributed by atoms with Crippen molar-refractivity contribution < 1.29 is 40.7 Å². The van der Waals surface area contributed by atoms with Gasteiger partial charge in [0, 0.05) is 0 Å². The zero-order chi connectivity index (χ0) is 15.8. The molecule has 0 aromatic carbocycles. The van der Waals surface area contributed by atoms with E-state index >= 15 is 0 Å². The Morgan fingerprint density at radius 2 is 1.40 bits per heavy atom.